The van der Waals surface area contributed by atoms with E-state index in [1.54, 1.807) is 4.90 Å². The van der Waals surface area contributed by atoms with Crippen LogP contribution in [0.4, 0.5) is 0 Å². The number of piperidine rings is 1. The molecular formula is C19H24N4O3. The zero-order valence-electron chi connectivity index (χ0n) is 14.9. The fourth-order valence-corrected chi connectivity index (χ4v) is 4.02. The summed E-state index contributed by atoms with van der Waals surface area (Å²) in [5, 5.41) is 9.29. The van der Waals surface area contributed by atoms with Gasteiger partial charge in [-0.15, -0.1) is 0 Å². The summed E-state index contributed by atoms with van der Waals surface area (Å²) in [6, 6.07) is 5.21. The summed E-state index contributed by atoms with van der Waals surface area (Å²) < 4.78 is 0. The second kappa shape index (κ2) is 6.48. The molecule has 3 N–H and O–H groups in total. The Morgan fingerprint density at radius 1 is 1.27 bits per heavy atom. The Labute approximate surface area is 152 Å². The van der Waals surface area contributed by atoms with Crippen molar-refractivity contribution in [2.24, 2.45) is 0 Å². The number of amides is 3. The molecule has 1 unspecified atom stereocenters. The number of rotatable bonds is 5. The van der Waals surface area contributed by atoms with Crippen molar-refractivity contribution in [3.8, 4) is 0 Å². The lowest BCUT2D eigenvalue weighted by Gasteiger charge is -2.43. The van der Waals surface area contributed by atoms with Gasteiger partial charge in [0.05, 0.1) is 0 Å². The normalized spacial score (nSPS) is 24.3. The summed E-state index contributed by atoms with van der Waals surface area (Å²) in [6.45, 7) is 5.22. The van der Waals surface area contributed by atoms with Gasteiger partial charge in [-0.1, -0.05) is 19.1 Å². The Morgan fingerprint density at radius 2 is 2.08 bits per heavy atom. The Balaban J connectivity index is 1.52. The minimum Gasteiger partial charge on any atom is -0.322 e. The smallest absolute Gasteiger partial charge is 0.255 e. The molecule has 0 aromatic heterocycles. The third-order valence-electron chi connectivity index (χ3n) is 5.94. The molecular weight excluding hydrogens is 332 g/mol. The van der Waals surface area contributed by atoms with E-state index in [-0.39, 0.29) is 29.7 Å². The van der Waals surface area contributed by atoms with Crippen molar-refractivity contribution in [3.63, 3.8) is 0 Å². The van der Waals surface area contributed by atoms with E-state index in [0.29, 0.717) is 25.1 Å². The molecule has 3 heterocycles. The van der Waals surface area contributed by atoms with Crippen molar-refractivity contribution in [2.75, 3.05) is 13.1 Å². The molecule has 0 radical (unpaired) electrons. The van der Waals surface area contributed by atoms with Crippen molar-refractivity contribution in [1.82, 2.24) is 20.9 Å². The standard InChI is InChI=1S/C19H24N4O3/c1-2-19(10-20-11-19)21-8-12-4-3-5-13-14(12)9-23(18(13)26)15-6-7-16(24)22-17(15)25/h3-5,15,20-21H,2,6-11H2,1H3,(H,22,24,25). The van der Waals surface area contributed by atoms with E-state index >= 15 is 0 Å². The van der Waals surface area contributed by atoms with Crippen molar-refractivity contribution < 1.29 is 14.4 Å². The molecule has 26 heavy (non-hydrogen) atoms. The predicted octanol–water partition coefficient (Wildman–Crippen LogP) is 0.289. The molecule has 4 rings (SSSR count). The summed E-state index contributed by atoms with van der Waals surface area (Å²) in [5.74, 6) is -0.751. The summed E-state index contributed by atoms with van der Waals surface area (Å²) in [6.07, 6.45) is 1.72. The van der Waals surface area contributed by atoms with Gasteiger partial charge in [-0.3, -0.25) is 19.7 Å². The molecule has 2 fully saturated rings. The van der Waals surface area contributed by atoms with Gasteiger partial charge in [0.15, 0.2) is 0 Å². The third-order valence-corrected chi connectivity index (χ3v) is 5.94. The summed E-state index contributed by atoms with van der Waals surface area (Å²) >= 11 is 0. The average molecular weight is 356 g/mol. The number of nitrogens with zero attached hydrogens (tertiary/aromatic N) is 1. The lowest BCUT2D eigenvalue weighted by molar-refractivity contribution is -0.136. The largest absolute Gasteiger partial charge is 0.322 e. The zero-order valence-corrected chi connectivity index (χ0v) is 14.9. The van der Waals surface area contributed by atoms with Crippen LogP contribution in [0.3, 0.4) is 0 Å². The van der Waals surface area contributed by atoms with Crippen LogP contribution in [-0.4, -0.2) is 47.3 Å². The second-order valence-electron chi connectivity index (χ2n) is 7.43. The van der Waals surface area contributed by atoms with E-state index in [0.717, 1.165) is 30.6 Å². The van der Waals surface area contributed by atoms with Gasteiger partial charge in [-0.25, -0.2) is 0 Å². The van der Waals surface area contributed by atoms with Crippen molar-refractivity contribution >= 4 is 17.7 Å². The van der Waals surface area contributed by atoms with Crippen LogP contribution in [0, 0.1) is 0 Å². The maximum atomic E-state index is 12.8. The molecule has 1 aromatic rings. The molecule has 1 aromatic carbocycles. The number of nitrogens with one attached hydrogen (secondary N) is 3. The quantitative estimate of drug-likeness (QED) is 0.660. The first-order valence-corrected chi connectivity index (χ1v) is 9.24. The van der Waals surface area contributed by atoms with Gasteiger partial charge < -0.3 is 15.5 Å². The van der Waals surface area contributed by atoms with Gasteiger partial charge in [0, 0.05) is 43.7 Å². The van der Waals surface area contributed by atoms with Crippen LogP contribution in [0.5, 0.6) is 0 Å². The number of imide groups is 1. The van der Waals surface area contributed by atoms with Crippen LogP contribution in [0.1, 0.15) is 47.7 Å². The maximum Gasteiger partial charge on any atom is 0.255 e. The lowest BCUT2D eigenvalue weighted by Crippen LogP contribution is -2.67. The van der Waals surface area contributed by atoms with Crippen LogP contribution in [0.25, 0.3) is 0 Å². The molecule has 7 heteroatoms. The number of carbonyl (C=O) groups excluding carboxylic acids is 3. The first-order chi connectivity index (χ1) is 12.5. The van der Waals surface area contributed by atoms with Gasteiger partial charge >= 0.3 is 0 Å². The van der Waals surface area contributed by atoms with Crippen molar-refractivity contribution in [1.29, 1.82) is 0 Å². The SMILES string of the molecule is CCC1(NCc2cccc3c2CN(C2CCC(=O)NC2=O)C3=O)CNC1. The Kier molecular flexibility index (Phi) is 4.28. The van der Waals surface area contributed by atoms with Gasteiger partial charge in [-0.2, -0.15) is 0 Å². The minimum atomic E-state index is -0.564. The molecule has 0 saturated carbocycles. The summed E-state index contributed by atoms with van der Waals surface area (Å²) in [7, 11) is 0. The highest BCUT2D eigenvalue weighted by Gasteiger charge is 2.40. The number of hydrogen-bond acceptors (Lipinski definition) is 5. The summed E-state index contributed by atoms with van der Waals surface area (Å²) in [4.78, 5) is 38.0. The van der Waals surface area contributed by atoms with E-state index < -0.39 is 6.04 Å². The molecule has 1 atom stereocenters. The van der Waals surface area contributed by atoms with Gasteiger partial charge in [0.25, 0.3) is 5.91 Å². The van der Waals surface area contributed by atoms with Crippen LogP contribution in [0.15, 0.2) is 18.2 Å². The molecule has 0 aliphatic carbocycles. The van der Waals surface area contributed by atoms with E-state index in [1.165, 1.54) is 0 Å². The van der Waals surface area contributed by atoms with Crippen molar-refractivity contribution in [3.05, 3.63) is 34.9 Å². The molecule has 3 aliphatic rings. The van der Waals surface area contributed by atoms with Crippen LogP contribution in [0.2, 0.25) is 0 Å². The van der Waals surface area contributed by atoms with E-state index in [9.17, 15) is 14.4 Å². The minimum absolute atomic E-state index is 0.119. The van der Waals surface area contributed by atoms with E-state index in [2.05, 4.69) is 22.9 Å². The van der Waals surface area contributed by atoms with Crippen LogP contribution < -0.4 is 16.0 Å². The van der Waals surface area contributed by atoms with Gasteiger partial charge in [-0.05, 0) is 30.0 Å². The predicted molar refractivity (Wildman–Crippen MR) is 95.2 cm³/mol. The lowest BCUT2D eigenvalue weighted by atomic mass is 9.89. The maximum absolute atomic E-state index is 12.8. The topological polar surface area (TPSA) is 90.5 Å². The second-order valence-corrected chi connectivity index (χ2v) is 7.43. The first-order valence-electron chi connectivity index (χ1n) is 9.24. The molecule has 3 aliphatic heterocycles. The molecule has 3 amide bonds. The molecule has 7 nitrogen and oxygen atoms in total. The Bertz CT molecular complexity index is 767. The molecule has 0 spiro atoms. The Hall–Kier alpha value is -2.25. The number of benzene rings is 1. The number of carbonyl (C=O) groups is 3. The fourth-order valence-electron chi connectivity index (χ4n) is 4.02. The summed E-state index contributed by atoms with van der Waals surface area (Å²) in [5.41, 5.74) is 2.90. The number of hydrogen-bond donors (Lipinski definition) is 3. The van der Waals surface area contributed by atoms with Crippen LogP contribution in [-0.2, 0) is 22.7 Å². The van der Waals surface area contributed by atoms with Gasteiger partial charge in [0.1, 0.15) is 6.04 Å². The highest BCUT2D eigenvalue weighted by Crippen LogP contribution is 2.30. The first kappa shape index (κ1) is 17.2. The van der Waals surface area contributed by atoms with Crippen LogP contribution >= 0.6 is 0 Å². The van der Waals surface area contributed by atoms with E-state index in [4.69, 9.17) is 0 Å². The monoisotopic (exact) mass is 356 g/mol. The highest BCUT2D eigenvalue weighted by atomic mass is 16.2. The van der Waals surface area contributed by atoms with Gasteiger partial charge in [0.2, 0.25) is 11.8 Å². The van der Waals surface area contributed by atoms with E-state index in [1.807, 2.05) is 18.2 Å². The fraction of sp³-hybridized carbons (Fsp3) is 0.526. The number of fused-ring (bicyclic) bond motifs is 1. The average Bonchev–Trinajstić information content (AvgIpc) is 2.92. The highest BCUT2D eigenvalue weighted by molar-refractivity contribution is 6.05. The molecule has 2 saturated heterocycles. The molecule has 0 bridgehead atoms. The third kappa shape index (κ3) is 2.81. The zero-order chi connectivity index (χ0) is 18.3. The Morgan fingerprint density at radius 3 is 2.73 bits per heavy atom. The van der Waals surface area contributed by atoms with Crippen molar-refractivity contribution in [2.45, 2.75) is 50.9 Å². The molecule has 138 valence electrons.